The minimum Gasteiger partial charge on any atom is -0.476 e. The fourth-order valence-electron chi connectivity index (χ4n) is 1.89. The highest BCUT2D eigenvalue weighted by molar-refractivity contribution is 7.92. The van der Waals surface area contributed by atoms with E-state index in [-0.39, 0.29) is 23.2 Å². The van der Waals surface area contributed by atoms with Crippen LogP contribution in [-0.4, -0.2) is 42.9 Å². The molecule has 1 aliphatic heterocycles. The topological polar surface area (TPSA) is 106 Å². The molecule has 1 aliphatic rings. The van der Waals surface area contributed by atoms with E-state index in [2.05, 4.69) is 9.71 Å². The van der Waals surface area contributed by atoms with E-state index in [1.165, 1.54) is 18.3 Å². The van der Waals surface area contributed by atoms with Gasteiger partial charge in [-0.15, -0.1) is 0 Å². The summed E-state index contributed by atoms with van der Waals surface area (Å²) in [4.78, 5) is 14.6. The summed E-state index contributed by atoms with van der Waals surface area (Å²) in [6.07, 6.45) is 2.50. The highest BCUT2D eigenvalue weighted by Gasteiger charge is 2.24. The predicted octanol–water partition coefficient (Wildman–Crippen LogP) is 0.700. The molecule has 2 N–H and O–H groups in total. The molecule has 0 bridgehead atoms. The predicted molar refractivity (Wildman–Crippen MR) is 67.6 cm³/mol. The molecule has 1 atom stereocenters. The van der Waals surface area contributed by atoms with Crippen LogP contribution in [0.4, 0.5) is 5.69 Å². The molecular weight excluding hydrogens is 272 g/mol. The van der Waals surface area contributed by atoms with Crippen molar-refractivity contribution in [3.05, 3.63) is 24.0 Å². The maximum absolute atomic E-state index is 11.9. The van der Waals surface area contributed by atoms with E-state index in [0.717, 1.165) is 6.42 Å². The van der Waals surface area contributed by atoms with E-state index in [1.54, 1.807) is 0 Å². The lowest BCUT2D eigenvalue weighted by Crippen LogP contribution is -2.26. The average molecular weight is 286 g/mol. The molecule has 104 valence electrons. The maximum Gasteiger partial charge on any atom is 0.356 e. The number of carbonyl (C=O) groups is 1. The first-order valence-electron chi connectivity index (χ1n) is 5.78. The van der Waals surface area contributed by atoms with Crippen LogP contribution in [0.5, 0.6) is 0 Å². The second-order valence-electron chi connectivity index (χ2n) is 4.22. The first kappa shape index (κ1) is 13.8. The molecule has 0 amide bonds. The Morgan fingerprint density at radius 1 is 1.58 bits per heavy atom. The van der Waals surface area contributed by atoms with Crippen LogP contribution in [0.1, 0.15) is 23.3 Å². The molecule has 1 aromatic rings. The molecule has 1 saturated heterocycles. The summed E-state index contributed by atoms with van der Waals surface area (Å²) in [5.74, 6) is -1.46. The molecule has 1 aromatic heterocycles. The van der Waals surface area contributed by atoms with Crippen LogP contribution in [0, 0.1) is 0 Å². The normalized spacial score (nSPS) is 19.3. The van der Waals surface area contributed by atoms with Crippen molar-refractivity contribution in [3.63, 3.8) is 0 Å². The molecule has 0 aromatic carbocycles. The molecule has 19 heavy (non-hydrogen) atoms. The summed E-state index contributed by atoms with van der Waals surface area (Å²) in [5, 5.41) is 8.92. The van der Waals surface area contributed by atoms with Crippen molar-refractivity contribution >= 4 is 21.7 Å². The van der Waals surface area contributed by atoms with Gasteiger partial charge in [-0.3, -0.25) is 4.72 Å². The number of hydrogen-bond acceptors (Lipinski definition) is 5. The van der Waals surface area contributed by atoms with E-state index in [9.17, 15) is 13.2 Å². The van der Waals surface area contributed by atoms with Gasteiger partial charge in [-0.1, -0.05) is 0 Å². The van der Waals surface area contributed by atoms with Crippen LogP contribution in [0.15, 0.2) is 18.3 Å². The lowest BCUT2D eigenvalue weighted by Gasteiger charge is -2.12. The molecule has 0 saturated carbocycles. The van der Waals surface area contributed by atoms with Crippen LogP contribution < -0.4 is 4.72 Å². The van der Waals surface area contributed by atoms with Crippen molar-refractivity contribution in [1.82, 2.24) is 4.98 Å². The fraction of sp³-hybridized carbons (Fsp3) is 0.455. The number of carboxylic acids is 1. The van der Waals surface area contributed by atoms with Crippen molar-refractivity contribution in [1.29, 1.82) is 0 Å². The molecule has 8 heteroatoms. The van der Waals surface area contributed by atoms with Gasteiger partial charge >= 0.3 is 5.97 Å². The number of nitrogens with zero attached hydrogens (tertiary/aromatic N) is 1. The first-order chi connectivity index (χ1) is 8.98. The van der Waals surface area contributed by atoms with Crippen molar-refractivity contribution < 1.29 is 23.1 Å². The number of hydrogen-bond donors (Lipinski definition) is 2. The van der Waals surface area contributed by atoms with Gasteiger partial charge in [0, 0.05) is 12.8 Å². The molecule has 0 spiro atoms. The molecule has 2 rings (SSSR count). The monoisotopic (exact) mass is 286 g/mol. The summed E-state index contributed by atoms with van der Waals surface area (Å²) < 4.78 is 31.3. The van der Waals surface area contributed by atoms with Gasteiger partial charge in [0.25, 0.3) is 0 Å². The van der Waals surface area contributed by atoms with Gasteiger partial charge in [0.1, 0.15) is 0 Å². The zero-order chi connectivity index (χ0) is 13.9. The lowest BCUT2D eigenvalue weighted by atomic mass is 10.3. The van der Waals surface area contributed by atoms with E-state index in [0.29, 0.717) is 13.0 Å². The Balaban J connectivity index is 2.13. The third-order valence-electron chi connectivity index (χ3n) is 2.71. The van der Waals surface area contributed by atoms with E-state index >= 15 is 0 Å². The summed E-state index contributed by atoms with van der Waals surface area (Å²) in [6.45, 7) is 0.563. The second kappa shape index (κ2) is 5.54. The Bertz CT molecular complexity index is 566. The first-order valence-corrected chi connectivity index (χ1v) is 7.43. The number of nitrogens with one attached hydrogen (secondary N) is 1. The zero-order valence-corrected chi connectivity index (χ0v) is 10.9. The number of aromatic nitrogens is 1. The maximum atomic E-state index is 11.9. The minimum absolute atomic E-state index is 0.0343. The molecule has 2 heterocycles. The number of ether oxygens (including phenoxy) is 1. The fourth-order valence-corrected chi connectivity index (χ4v) is 3.22. The Labute approximate surface area is 110 Å². The van der Waals surface area contributed by atoms with Crippen molar-refractivity contribution in [2.75, 3.05) is 17.1 Å². The van der Waals surface area contributed by atoms with Gasteiger partial charge in [-0.05, 0) is 25.0 Å². The van der Waals surface area contributed by atoms with E-state index in [1.807, 2.05) is 0 Å². The summed E-state index contributed by atoms with van der Waals surface area (Å²) >= 11 is 0. The van der Waals surface area contributed by atoms with Gasteiger partial charge in [0.05, 0.1) is 17.5 Å². The van der Waals surface area contributed by atoms with Gasteiger partial charge < -0.3 is 9.84 Å². The van der Waals surface area contributed by atoms with E-state index in [4.69, 9.17) is 9.84 Å². The summed E-state index contributed by atoms with van der Waals surface area (Å²) in [7, 11) is -3.65. The van der Waals surface area contributed by atoms with Crippen LogP contribution >= 0.6 is 0 Å². The van der Waals surface area contributed by atoms with Gasteiger partial charge in [0.2, 0.25) is 10.0 Å². The van der Waals surface area contributed by atoms with Crippen molar-refractivity contribution in [2.24, 2.45) is 0 Å². The Hall–Kier alpha value is -1.67. The largest absolute Gasteiger partial charge is 0.476 e. The summed E-state index contributed by atoms with van der Waals surface area (Å²) in [6, 6.07) is 2.83. The number of anilines is 1. The minimum atomic E-state index is -3.65. The third kappa shape index (κ3) is 3.65. The van der Waals surface area contributed by atoms with Gasteiger partial charge in [0.15, 0.2) is 5.69 Å². The lowest BCUT2D eigenvalue weighted by molar-refractivity contribution is 0.0692. The quantitative estimate of drug-likeness (QED) is 0.825. The summed E-state index contributed by atoms with van der Waals surface area (Å²) in [5.41, 5.74) is -0.355. The van der Waals surface area contributed by atoms with Crippen LogP contribution in [0.3, 0.4) is 0 Å². The average Bonchev–Trinajstić information content (AvgIpc) is 2.80. The highest BCUT2D eigenvalue weighted by Crippen LogP contribution is 2.18. The SMILES string of the molecule is O=C(O)c1ncccc1NS(=O)(=O)CC1CCCO1. The zero-order valence-electron chi connectivity index (χ0n) is 10.1. The number of sulfonamides is 1. The van der Waals surface area contributed by atoms with Crippen LogP contribution in [0.25, 0.3) is 0 Å². The Kier molecular flexibility index (Phi) is 4.01. The number of rotatable bonds is 5. The van der Waals surface area contributed by atoms with Gasteiger partial charge in [-0.25, -0.2) is 18.2 Å². The second-order valence-corrected chi connectivity index (χ2v) is 5.99. The third-order valence-corrected chi connectivity index (χ3v) is 4.05. The Morgan fingerprint density at radius 2 is 2.37 bits per heavy atom. The molecule has 1 fully saturated rings. The smallest absolute Gasteiger partial charge is 0.356 e. The van der Waals surface area contributed by atoms with Gasteiger partial charge in [-0.2, -0.15) is 0 Å². The Morgan fingerprint density at radius 3 is 3.00 bits per heavy atom. The number of carboxylic acid groups (broad SMARTS) is 1. The molecule has 0 aliphatic carbocycles. The molecule has 1 unspecified atom stereocenters. The molecule has 0 radical (unpaired) electrons. The van der Waals surface area contributed by atoms with Crippen LogP contribution in [-0.2, 0) is 14.8 Å². The van der Waals surface area contributed by atoms with E-state index < -0.39 is 16.0 Å². The highest BCUT2D eigenvalue weighted by atomic mass is 32.2. The number of pyridine rings is 1. The molecular formula is C11H14N2O5S. The van der Waals surface area contributed by atoms with Crippen LogP contribution in [0.2, 0.25) is 0 Å². The number of aromatic carboxylic acids is 1. The molecule has 7 nitrogen and oxygen atoms in total. The van der Waals surface area contributed by atoms with Crippen molar-refractivity contribution in [3.8, 4) is 0 Å². The standard InChI is InChI=1S/C11H14N2O5S/c14-11(15)10-9(4-1-5-12-10)13-19(16,17)7-8-3-2-6-18-8/h1,4-5,8,13H,2-3,6-7H2,(H,14,15). The van der Waals surface area contributed by atoms with Crippen molar-refractivity contribution in [2.45, 2.75) is 18.9 Å².